The van der Waals surface area contributed by atoms with Crippen molar-refractivity contribution < 1.29 is 4.79 Å². The Kier molecular flexibility index (Phi) is 5.60. The molecule has 3 rings (SSSR count). The van der Waals surface area contributed by atoms with Crippen LogP contribution in [-0.4, -0.2) is 28.9 Å². The van der Waals surface area contributed by atoms with Crippen LogP contribution in [0.4, 0.5) is 5.13 Å². The van der Waals surface area contributed by atoms with Crippen molar-refractivity contribution in [2.45, 2.75) is 38.8 Å². The summed E-state index contributed by atoms with van der Waals surface area (Å²) in [4.78, 5) is 19.3. The van der Waals surface area contributed by atoms with Gasteiger partial charge in [-0.3, -0.25) is 9.69 Å². The number of carbonyl (C=O) groups is 1. The third-order valence-corrected chi connectivity index (χ3v) is 5.14. The van der Waals surface area contributed by atoms with E-state index in [2.05, 4.69) is 15.2 Å². The van der Waals surface area contributed by atoms with Gasteiger partial charge >= 0.3 is 0 Å². The van der Waals surface area contributed by atoms with Crippen LogP contribution in [0.3, 0.4) is 0 Å². The lowest BCUT2D eigenvalue weighted by atomic mass is 10.1. The molecule has 2 aromatic rings. The minimum atomic E-state index is -0.681. The largest absolute Gasteiger partial charge is 0.316 e. The topological polar surface area (TPSA) is 71.2 Å². The minimum Gasteiger partial charge on any atom is -0.316 e. The summed E-state index contributed by atoms with van der Waals surface area (Å²) in [6, 6.07) is 7.03. The quantitative estimate of drug-likeness (QED) is 0.874. The standard InChI is InChI=1S/C18H24N4OS/c1-13-5-7-14(8-6-13)16(19)17(23)21-18-20-15(12-24-18)11-22-9-3-2-4-10-22/h5-8,12,16H,2-4,9-11,19H2,1H3,(H,20,21,23). The van der Waals surface area contributed by atoms with Crippen molar-refractivity contribution in [3.05, 3.63) is 46.5 Å². The van der Waals surface area contributed by atoms with Gasteiger partial charge in [-0.2, -0.15) is 0 Å². The summed E-state index contributed by atoms with van der Waals surface area (Å²) in [7, 11) is 0. The number of amides is 1. The zero-order chi connectivity index (χ0) is 16.9. The second kappa shape index (κ2) is 7.88. The Hall–Kier alpha value is -1.76. The number of anilines is 1. The maximum Gasteiger partial charge on any atom is 0.247 e. The van der Waals surface area contributed by atoms with Gasteiger partial charge in [0.1, 0.15) is 6.04 Å². The first-order chi connectivity index (χ1) is 11.6. The molecule has 1 fully saturated rings. The first-order valence-electron chi connectivity index (χ1n) is 8.41. The summed E-state index contributed by atoms with van der Waals surface area (Å²) >= 11 is 1.46. The molecule has 128 valence electrons. The number of hydrogen-bond acceptors (Lipinski definition) is 5. The summed E-state index contributed by atoms with van der Waals surface area (Å²) in [6.07, 6.45) is 3.85. The van der Waals surface area contributed by atoms with Gasteiger partial charge in [-0.1, -0.05) is 36.2 Å². The second-order valence-electron chi connectivity index (χ2n) is 6.36. The van der Waals surface area contributed by atoms with Gasteiger partial charge in [0.25, 0.3) is 0 Å². The van der Waals surface area contributed by atoms with Gasteiger partial charge in [0, 0.05) is 11.9 Å². The van der Waals surface area contributed by atoms with Crippen LogP contribution in [0, 0.1) is 6.92 Å². The van der Waals surface area contributed by atoms with Gasteiger partial charge in [-0.15, -0.1) is 11.3 Å². The van der Waals surface area contributed by atoms with Crippen molar-refractivity contribution in [3.63, 3.8) is 0 Å². The number of nitrogens with two attached hydrogens (primary N) is 1. The first kappa shape index (κ1) is 17.1. The van der Waals surface area contributed by atoms with Gasteiger partial charge in [-0.05, 0) is 38.4 Å². The van der Waals surface area contributed by atoms with E-state index in [0.29, 0.717) is 5.13 Å². The van der Waals surface area contributed by atoms with Crippen molar-refractivity contribution in [1.82, 2.24) is 9.88 Å². The van der Waals surface area contributed by atoms with E-state index in [0.717, 1.165) is 36.5 Å². The Morgan fingerprint density at radius 2 is 2.00 bits per heavy atom. The van der Waals surface area contributed by atoms with E-state index in [-0.39, 0.29) is 5.91 Å². The van der Waals surface area contributed by atoms with E-state index < -0.39 is 6.04 Å². The molecule has 1 saturated heterocycles. The van der Waals surface area contributed by atoms with Crippen molar-refractivity contribution in [1.29, 1.82) is 0 Å². The molecule has 0 spiro atoms. The molecule has 0 saturated carbocycles. The minimum absolute atomic E-state index is 0.224. The fraction of sp³-hybridized carbons (Fsp3) is 0.444. The summed E-state index contributed by atoms with van der Waals surface area (Å²) in [5, 5.41) is 5.47. The van der Waals surface area contributed by atoms with E-state index in [1.165, 1.54) is 30.6 Å². The highest BCUT2D eigenvalue weighted by Gasteiger charge is 2.18. The van der Waals surface area contributed by atoms with Crippen LogP contribution in [-0.2, 0) is 11.3 Å². The first-order valence-corrected chi connectivity index (χ1v) is 9.29. The molecule has 24 heavy (non-hydrogen) atoms. The molecule has 1 aromatic heterocycles. The number of nitrogens with one attached hydrogen (secondary N) is 1. The molecule has 2 heterocycles. The Bertz CT molecular complexity index is 677. The molecule has 3 N–H and O–H groups in total. The van der Waals surface area contributed by atoms with Crippen LogP contribution in [0.1, 0.15) is 42.1 Å². The number of hydrogen-bond donors (Lipinski definition) is 2. The Balaban J connectivity index is 1.57. The van der Waals surface area contributed by atoms with E-state index in [4.69, 9.17) is 5.73 Å². The number of carbonyl (C=O) groups excluding carboxylic acids is 1. The van der Waals surface area contributed by atoms with Gasteiger partial charge in [0.05, 0.1) is 5.69 Å². The number of benzene rings is 1. The van der Waals surface area contributed by atoms with Crippen LogP contribution in [0.5, 0.6) is 0 Å². The van der Waals surface area contributed by atoms with Crippen LogP contribution in [0.2, 0.25) is 0 Å². The van der Waals surface area contributed by atoms with Crippen molar-refractivity contribution in [2.24, 2.45) is 5.73 Å². The molecule has 6 heteroatoms. The van der Waals surface area contributed by atoms with Crippen LogP contribution < -0.4 is 11.1 Å². The number of piperidine rings is 1. The smallest absolute Gasteiger partial charge is 0.247 e. The number of aryl methyl sites for hydroxylation is 1. The Morgan fingerprint density at radius 1 is 1.29 bits per heavy atom. The van der Waals surface area contributed by atoms with Crippen molar-refractivity contribution in [2.75, 3.05) is 18.4 Å². The molecular formula is C18H24N4OS. The average Bonchev–Trinajstić information content (AvgIpc) is 3.02. The predicted molar refractivity (Wildman–Crippen MR) is 98.0 cm³/mol. The molecule has 1 amide bonds. The summed E-state index contributed by atoms with van der Waals surface area (Å²) in [6.45, 7) is 5.14. The summed E-state index contributed by atoms with van der Waals surface area (Å²) in [5.41, 5.74) is 9.02. The third-order valence-electron chi connectivity index (χ3n) is 4.34. The van der Waals surface area contributed by atoms with E-state index in [1.54, 1.807) is 0 Å². The maximum absolute atomic E-state index is 12.3. The highest BCUT2D eigenvalue weighted by molar-refractivity contribution is 7.13. The SMILES string of the molecule is Cc1ccc(C(N)C(=O)Nc2nc(CN3CCCCC3)cs2)cc1. The second-order valence-corrected chi connectivity index (χ2v) is 7.22. The van der Waals surface area contributed by atoms with E-state index in [1.807, 2.05) is 36.6 Å². The van der Waals surface area contributed by atoms with Gasteiger partial charge < -0.3 is 11.1 Å². The molecule has 1 atom stereocenters. The molecule has 5 nitrogen and oxygen atoms in total. The van der Waals surface area contributed by atoms with Gasteiger partial charge in [0.15, 0.2) is 5.13 Å². The Morgan fingerprint density at radius 3 is 2.71 bits per heavy atom. The zero-order valence-corrected chi connectivity index (χ0v) is 14.8. The number of likely N-dealkylation sites (tertiary alicyclic amines) is 1. The number of thiazole rings is 1. The molecule has 1 aromatic carbocycles. The lowest BCUT2D eigenvalue weighted by molar-refractivity contribution is -0.117. The number of aromatic nitrogens is 1. The normalized spacial score (nSPS) is 16.8. The van der Waals surface area contributed by atoms with Crippen LogP contribution in [0.15, 0.2) is 29.6 Å². The molecular weight excluding hydrogens is 320 g/mol. The van der Waals surface area contributed by atoms with Gasteiger partial charge in [0.2, 0.25) is 5.91 Å². The lowest BCUT2D eigenvalue weighted by Crippen LogP contribution is -2.29. The summed E-state index contributed by atoms with van der Waals surface area (Å²) < 4.78 is 0. The fourth-order valence-corrected chi connectivity index (χ4v) is 3.60. The molecule has 0 radical (unpaired) electrons. The van der Waals surface area contributed by atoms with Crippen molar-refractivity contribution in [3.8, 4) is 0 Å². The molecule has 1 aliphatic rings. The average molecular weight is 344 g/mol. The number of rotatable bonds is 5. The lowest BCUT2D eigenvalue weighted by Gasteiger charge is -2.25. The fourth-order valence-electron chi connectivity index (χ4n) is 2.89. The monoisotopic (exact) mass is 344 g/mol. The summed E-state index contributed by atoms with van der Waals surface area (Å²) in [5.74, 6) is -0.224. The van der Waals surface area contributed by atoms with E-state index in [9.17, 15) is 4.79 Å². The molecule has 1 unspecified atom stereocenters. The van der Waals surface area contributed by atoms with Crippen molar-refractivity contribution >= 4 is 22.4 Å². The molecule has 1 aliphatic heterocycles. The predicted octanol–water partition coefficient (Wildman–Crippen LogP) is 3.08. The molecule has 0 bridgehead atoms. The molecule has 0 aliphatic carbocycles. The van der Waals surface area contributed by atoms with E-state index >= 15 is 0 Å². The van der Waals surface area contributed by atoms with Crippen LogP contribution in [0.25, 0.3) is 0 Å². The highest BCUT2D eigenvalue weighted by Crippen LogP contribution is 2.20. The van der Waals surface area contributed by atoms with Crippen LogP contribution >= 0.6 is 11.3 Å². The maximum atomic E-state index is 12.3. The number of nitrogens with zero attached hydrogens (tertiary/aromatic N) is 2. The Labute approximate surface area is 146 Å². The van der Waals surface area contributed by atoms with Gasteiger partial charge in [-0.25, -0.2) is 4.98 Å². The zero-order valence-electron chi connectivity index (χ0n) is 14.0. The highest BCUT2D eigenvalue weighted by atomic mass is 32.1. The third kappa shape index (κ3) is 4.41.